The number of amides is 1. The van der Waals surface area contributed by atoms with Crippen LogP contribution in [0.15, 0.2) is 36.4 Å². The van der Waals surface area contributed by atoms with Gasteiger partial charge in [-0.1, -0.05) is 17.7 Å². The monoisotopic (exact) mass is 368 g/mol. The van der Waals surface area contributed by atoms with Gasteiger partial charge < -0.3 is 10.1 Å². The molecule has 0 heterocycles. The Labute approximate surface area is 150 Å². The molecule has 0 atom stereocenters. The number of halogens is 3. The highest BCUT2D eigenvalue weighted by atomic mass is 35.5. The molecule has 0 aliphatic rings. The molecule has 0 fully saturated rings. The number of anilines is 2. The SMILES string of the molecule is CC(C)(C)OC(=O)Nc1ccc(F)c(NCc2ccc(Cl)c(F)c2)c1. The molecule has 0 aliphatic carbocycles. The first-order chi connectivity index (χ1) is 11.6. The molecule has 0 aromatic heterocycles. The smallest absolute Gasteiger partial charge is 0.412 e. The summed E-state index contributed by atoms with van der Waals surface area (Å²) < 4.78 is 32.5. The second kappa shape index (κ2) is 7.70. The molecule has 2 rings (SSSR count). The fourth-order valence-corrected chi connectivity index (χ4v) is 2.12. The zero-order valence-corrected chi connectivity index (χ0v) is 14.9. The number of ether oxygens (including phenoxy) is 1. The standard InChI is InChI=1S/C18H19ClF2N2O2/c1-18(2,3)25-17(24)23-12-5-7-14(20)16(9-12)22-10-11-4-6-13(19)15(21)8-11/h4-9,22H,10H2,1-3H3,(H,23,24). The Hall–Kier alpha value is -2.34. The van der Waals surface area contributed by atoms with E-state index in [9.17, 15) is 13.6 Å². The first-order valence-corrected chi connectivity index (χ1v) is 7.99. The Bertz CT molecular complexity index is 776. The van der Waals surface area contributed by atoms with Crippen molar-refractivity contribution in [1.29, 1.82) is 0 Å². The Morgan fingerprint density at radius 2 is 1.84 bits per heavy atom. The fraction of sp³-hybridized carbons (Fsp3) is 0.278. The molecule has 4 nitrogen and oxygen atoms in total. The van der Waals surface area contributed by atoms with Crippen LogP contribution < -0.4 is 10.6 Å². The normalized spacial score (nSPS) is 11.1. The summed E-state index contributed by atoms with van der Waals surface area (Å²) in [6.45, 7) is 5.43. The van der Waals surface area contributed by atoms with Gasteiger partial charge in [-0.25, -0.2) is 13.6 Å². The largest absolute Gasteiger partial charge is 0.444 e. The van der Waals surface area contributed by atoms with Gasteiger partial charge in [0.15, 0.2) is 0 Å². The molecule has 0 aliphatic heterocycles. The highest BCUT2D eigenvalue weighted by Gasteiger charge is 2.16. The van der Waals surface area contributed by atoms with Gasteiger partial charge in [0.05, 0.1) is 10.7 Å². The maximum absolute atomic E-state index is 13.9. The third-order valence-corrected chi connectivity index (χ3v) is 3.39. The Morgan fingerprint density at radius 3 is 2.48 bits per heavy atom. The van der Waals surface area contributed by atoms with Gasteiger partial charge in [-0.05, 0) is 56.7 Å². The lowest BCUT2D eigenvalue weighted by molar-refractivity contribution is 0.0636. The van der Waals surface area contributed by atoms with Gasteiger partial charge in [0, 0.05) is 12.2 Å². The molecule has 2 N–H and O–H groups in total. The van der Waals surface area contributed by atoms with Crippen molar-refractivity contribution >= 4 is 29.1 Å². The molecule has 0 saturated carbocycles. The molecule has 0 unspecified atom stereocenters. The lowest BCUT2D eigenvalue weighted by atomic mass is 10.2. The first-order valence-electron chi connectivity index (χ1n) is 7.61. The lowest BCUT2D eigenvalue weighted by Crippen LogP contribution is -2.27. The van der Waals surface area contributed by atoms with Crippen LogP contribution >= 0.6 is 11.6 Å². The van der Waals surface area contributed by atoms with Gasteiger partial charge >= 0.3 is 6.09 Å². The summed E-state index contributed by atoms with van der Waals surface area (Å²) in [7, 11) is 0. The van der Waals surface area contributed by atoms with Crippen molar-refractivity contribution in [3.63, 3.8) is 0 Å². The van der Waals surface area contributed by atoms with E-state index >= 15 is 0 Å². The molecule has 0 saturated heterocycles. The zero-order chi connectivity index (χ0) is 18.6. The van der Waals surface area contributed by atoms with E-state index in [1.807, 2.05) is 0 Å². The van der Waals surface area contributed by atoms with E-state index in [0.29, 0.717) is 11.3 Å². The lowest BCUT2D eigenvalue weighted by Gasteiger charge is -2.20. The molecule has 1 amide bonds. The molecule has 2 aromatic rings. The molecule has 0 spiro atoms. The minimum absolute atomic E-state index is 0.0264. The minimum atomic E-state index is -0.635. The summed E-state index contributed by atoms with van der Waals surface area (Å²) in [5, 5.41) is 5.42. The number of benzene rings is 2. The Kier molecular flexibility index (Phi) is 5.85. The van der Waals surface area contributed by atoms with Crippen LogP contribution in [0.4, 0.5) is 25.0 Å². The summed E-state index contributed by atoms with van der Waals surface area (Å²) in [6.07, 6.45) is -0.634. The average molecular weight is 369 g/mol. The van der Waals surface area contributed by atoms with Crippen molar-refractivity contribution in [1.82, 2.24) is 0 Å². The van der Waals surface area contributed by atoms with Gasteiger partial charge in [0.1, 0.15) is 17.2 Å². The molecule has 7 heteroatoms. The van der Waals surface area contributed by atoms with Crippen molar-refractivity contribution in [2.75, 3.05) is 10.6 Å². The molecular formula is C18H19ClF2N2O2. The predicted molar refractivity (Wildman–Crippen MR) is 95.0 cm³/mol. The highest BCUT2D eigenvalue weighted by Crippen LogP contribution is 2.22. The number of rotatable bonds is 4. The first kappa shape index (κ1) is 19.0. The van der Waals surface area contributed by atoms with E-state index < -0.39 is 23.3 Å². The van der Waals surface area contributed by atoms with Crippen molar-refractivity contribution in [3.8, 4) is 0 Å². The van der Waals surface area contributed by atoms with E-state index in [1.165, 1.54) is 30.3 Å². The van der Waals surface area contributed by atoms with E-state index in [-0.39, 0.29) is 17.3 Å². The quantitative estimate of drug-likeness (QED) is 0.740. The average Bonchev–Trinajstić information content (AvgIpc) is 2.49. The summed E-state index contributed by atoms with van der Waals surface area (Å²) in [5.41, 5.74) is 0.514. The second-order valence-electron chi connectivity index (χ2n) is 6.42. The van der Waals surface area contributed by atoms with Crippen LogP contribution in [-0.4, -0.2) is 11.7 Å². The predicted octanol–water partition coefficient (Wildman–Crippen LogP) is 5.58. The van der Waals surface area contributed by atoms with Crippen LogP contribution in [0.5, 0.6) is 0 Å². The van der Waals surface area contributed by atoms with Crippen LogP contribution in [-0.2, 0) is 11.3 Å². The van der Waals surface area contributed by atoms with Gasteiger partial charge in [0.2, 0.25) is 0 Å². The van der Waals surface area contributed by atoms with Gasteiger partial charge in [0.25, 0.3) is 0 Å². The third-order valence-electron chi connectivity index (χ3n) is 3.08. The van der Waals surface area contributed by atoms with Crippen LogP contribution in [0.1, 0.15) is 26.3 Å². The minimum Gasteiger partial charge on any atom is -0.444 e. The Balaban J connectivity index is 2.05. The van der Waals surface area contributed by atoms with Crippen molar-refractivity contribution in [3.05, 3.63) is 58.6 Å². The van der Waals surface area contributed by atoms with E-state index in [4.69, 9.17) is 16.3 Å². The van der Waals surface area contributed by atoms with Crippen molar-refractivity contribution < 1.29 is 18.3 Å². The summed E-state index contributed by atoms with van der Waals surface area (Å²) in [5.74, 6) is -1.04. The van der Waals surface area contributed by atoms with E-state index in [0.717, 1.165) is 0 Å². The number of carbonyl (C=O) groups is 1. The Morgan fingerprint density at radius 1 is 1.12 bits per heavy atom. The highest BCUT2D eigenvalue weighted by molar-refractivity contribution is 6.30. The maximum Gasteiger partial charge on any atom is 0.412 e. The summed E-state index contributed by atoms with van der Waals surface area (Å²) in [4.78, 5) is 11.8. The van der Waals surface area contributed by atoms with Crippen LogP contribution in [0.2, 0.25) is 5.02 Å². The molecule has 0 radical (unpaired) electrons. The van der Waals surface area contributed by atoms with Gasteiger partial charge in [-0.15, -0.1) is 0 Å². The zero-order valence-electron chi connectivity index (χ0n) is 14.1. The molecular weight excluding hydrogens is 350 g/mol. The number of hydrogen-bond acceptors (Lipinski definition) is 3. The molecule has 2 aromatic carbocycles. The number of carbonyl (C=O) groups excluding carboxylic acids is 1. The molecule has 134 valence electrons. The van der Waals surface area contributed by atoms with Crippen molar-refractivity contribution in [2.24, 2.45) is 0 Å². The fourth-order valence-electron chi connectivity index (χ4n) is 2.01. The van der Waals surface area contributed by atoms with Gasteiger partial charge in [-0.2, -0.15) is 0 Å². The maximum atomic E-state index is 13.9. The molecule has 0 bridgehead atoms. The van der Waals surface area contributed by atoms with Crippen LogP contribution in [0, 0.1) is 11.6 Å². The van der Waals surface area contributed by atoms with Crippen LogP contribution in [0.25, 0.3) is 0 Å². The number of hydrogen-bond donors (Lipinski definition) is 2. The van der Waals surface area contributed by atoms with Gasteiger partial charge in [-0.3, -0.25) is 5.32 Å². The molecule has 25 heavy (non-hydrogen) atoms. The van der Waals surface area contributed by atoms with Crippen molar-refractivity contribution in [2.45, 2.75) is 32.9 Å². The summed E-state index contributed by atoms with van der Waals surface area (Å²) >= 11 is 5.63. The number of nitrogens with one attached hydrogen (secondary N) is 2. The van der Waals surface area contributed by atoms with E-state index in [2.05, 4.69) is 10.6 Å². The van der Waals surface area contributed by atoms with Crippen LogP contribution in [0.3, 0.4) is 0 Å². The summed E-state index contributed by atoms with van der Waals surface area (Å²) in [6, 6.07) is 8.43. The second-order valence-corrected chi connectivity index (χ2v) is 6.83. The third kappa shape index (κ3) is 5.90. The van der Waals surface area contributed by atoms with E-state index in [1.54, 1.807) is 26.8 Å². The topological polar surface area (TPSA) is 50.4 Å².